The molecule has 0 aliphatic carbocycles. The smallest absolute Gasteiger partial charge is 0.125 e. The van der Waals surface area contributed by atoms with Gasteiger partial charge in [-0.25, -0.2) is 4.68 Å². The number of nitrogens with zero attached hydrogens (tertiary/aromatic N) is 2. The molecule has 2 atom stereocenters. The van der Waals surface area contributed by atoms with Crippen molar-refractivity contribution in [2.24, 2.45) is 0 Å². The SMILES string of the molecule is COC(C)C(C)n1ncc(C)c1N. The lowest BCUT2D eigenvalue weighted by Crippen LogP contribution is -2.22. The molecule has 1 heterocycles. The number of methoxy groups -OCH3 is 1. The highest BCUT2D eigenvalue weighted by Crippen LogP contribution is 2.19. The summed E-state index contributed by atoms with van der Waals surface area (Å²) in [5.41, 5.74) is 6.85. The van der Waals surface area contributed by atoms with E-state index in [0.717, 1.165) is 11.4 Å². The van der Waals surface area contributed by atoms with Gasteiger partial charge in [0.05, 0.1) is 18.3 Å². The molecule has 4 nitrogen and oxygen atoms in total. The first-order valence-corrected chi connectivity index (χ1v) is 4.40. The molecule has 0 radical (unpaired) electrons. The van der Waals surface area contributed by atoms with Crippen molar-refractivity contribution in [3.8, 4) is 0 Å². The maximum absolute atomic E-state index is 5.84. The van der Waals surface area contributed by atoms with Crippen LogP contribution in [0.25, 0.3) is 0 Å². The molecule has 2 N–H and O–H groups in total. The van der Waals surface area contributed by atoms with Gasteiger partial charge in [0.1, 0.15) is 5.82 Å². The zero-order valence-electron chi connectivity index (χ0n) is 8.61. The molecule has 1 rings (SSSR count). The Morgan fingerprint density at radius 3 is 2.54 bits per heavy atom. The summed E-state index contributed by atoms with van der Waals surface area (Å²) < 4.78 is 7.01. The number of aromatic nitrogens is 2. The highest BCUT2D eigenvalue weighted by atomic mass is 16.5. The van der Waals surface area contributed by atoms with E-state index in [1.165, 1.54) is 0 Å². The molecule has 0 saturated heterocycles. The molecule has 4 heteroatoms. The predicted octanol–water partition coefficient (Wildman–Crippen LogP) is 1.37. The van der Waals surface area contributed by atoms with Crippen molar-refractivity contribution < 1.29 is 4.74 Å². The fraction of sp³-hybridized carbons (Fsp3) is 0.667. The highest BCUT2D eigenvalue weighted by Gasteiger charge is 2.16. The third-order valence-corrected chi connectivity index (χ3v) is 2.46. The zero-order chi connectivity index (χ0) is 10.0. The maximum atomic E-state index is 5.84. The quantitative estimate of drug-likeness (QED) is 0.770. The Bertz CT molecular complexity index is 282. The number of nitrogens with two attached hydrogens (primary N) is 1. The lowest BCUT2D eigenvalue weighted by Gasteiger charge is -2.19. The minimum atomic E-state index is 0.113. The van der Waals surface area contributed by atoms with Crippen molar-refractivity contribution >= 4 is 5.82 Å². The lowest BCUT2D eigenvalue weighted by molar-refractivity contribution is 0.0741. The second-order valence-electron chi connectivity index (χ2n) is 3.34. The molecular formula is C9H17N3O. The summed E-state index contributed by atoms with van der Waals surface area (Å²) in [6, 6.07) is 0.165. The van der Waals surface area contributed by atoms with Crippen LogP contribution in [0.3, 0.4) is 0 Å². The Kier molecular flexibility index (Phi) is 2.93. The number of ether oxygens (including phenoxy) is 1. The lowest BCUT2D eigenvalue weighted by atomic mass is 10.2. The maximum Gasteiger partial charge on any atom is 0.125 e. The van der Waals surface area contributed by atoms with Gasteiger partial charge in [-0.1, -0.05) is 0 Å². The van der Waals surface area contributed by atoms with Gasteiger partial charge < -0.3 is 10.5 Å². The molecule has 0 amide bonds. The van der Waals surface area contributed by atoms with E-state index in [1.807, 2.05) is 20.8 Å². The molecule has 2 unspecified atom stereocenters. The third-order valence-electron chi connectivity index (χ3n) is 2.46. The van der Waals surface area contributed by atoms with Gasteiger partial charge in [0.25, 0.3) is 0 Å². The van der Waals surface area contributed by atoms with Crippen LogP contribution < -0.4 is 5.73 Å². The van der Waals surface area contributed by atoms with Crippen molar-refractivity contribution in [3.05, 3.63) is 11.8 Å². The zero-order valence-corrected chi connectivity index (χ0v) is 8.61. The van der Waals surface area contributed by atoms with Crippen molar-refractivity contribution in [1.82, 2.24) is 9.78 Å². The number of rotatable bonds is 3. The Labute approximate surface area is 78.7 Å². The molecule has 13 heavy (non-hydrogen) atoms. The molecule has 0 spiro atoms. The average molecular weight is 183 g/mol. The monoisotopic (exact) mass is 183 g/mol. The highest BCUT2D eigenvalue weighted by molar-refractivity contribution is 5.37. The fourth-order valence-corrected chi connectivity index (χ4v) is 1.18. The molecule has 0 saturated carbocycles. The van der Waals surface area contributed by atoms with Gasteiger partial charge >= 0.3 is 0 Å². The number of nitrogen functional groups attached to an aromatic ring is 1. The summed E-state index contributed by atoms with van der Waals surface area (Å²) in [6.45, 7) is 5.99. The van der Waals surface area contributed by atoms with Gasteiger partial charge in [0.2, 0.25) is 0 Å². The summed E-state index contributed by atoms with van der Waals surface area (Å²) in [7, 11) is 1.69. The number of anilines is 1. The van der Waals surface area contributed by atoms with Crippen LogP contribution >= 0.6 is 0 Å². The largest absolute Gasteiger partial charge is 0.384 e. The first-order chi connectivity index (χ1) is 6.07. The third kappa shape index (κ3) is 1.83. The molecule has 0 aromatic carbocycles. The fourth-order valence-electron chi connectivity index (χ4n) is 1.18. The van der Waals surface area contributed by atoms with Gasteiger partial charge in [-0.05, 0) is 20.8 Å². The van der Waals surface area contributed by atoms with Gasteiger partial charge in [-0.15, -0.1) is 0 Å². The topological polar surface area (TPSA) is 53.1 Å². The van der Waals surface area contributed by atoms with E-state index in [2.05, 4.69) is 5.10 Å². The number of hydrogen-bond acceptors (Lipinski definition) is 3. The first kappa shape index (κ1) is 10.1. The van der Waals surface area contributed by atoms with Crippen LogP contribution in [0.5, 0.6) is 0 Å². The van der Waals surface area contributed by atoms with Crippen molar-refractivity contribution in [3.63, 3.8) is 0 Å². The summed E-state index contributed by atoms with van der Waals surface area (Å²) in [6.07, 6.45) is 1.88. The van der Waals surface area contributed by atoms with E-state index in [1.54, 1.807) is 18.0 Å². The van der Waals surface area contributed by atoms with Crippen molar-refractivity contribution in [2.75, 3.05) is 12.8 Å². The predicted molar refractivity (Wildman–Crippen MR) is 52.6 cm³/mol. The number of aryl methyl sites for hydroxylation is 1. The van der Waals surface area contributed by atoms with Gasteiger partial charge in [0, 0.05) is 12.7 Å². The minimum Gasteiger partial charge on any atom is -0.384 e. The molecule has 1 aromatic heterocycles. The molecule has 0 aliphatic rings. The normalized spacial score (nSPS) is 15.7. The van der Waals surface area contributed by atoms with Crippen LogP contribution in [0.2, 0.25) is 0 Å². The average Bonchev–Trinajstić information content (AvgIpc) is 2.45. The Hall–Kier alpha value is -1.03. The summed E-state index contributed by atoms with van der Waals surface area (Å²) >= 11 is 0. The molecule has 1 aromatic rings. The molecule has 0 aliphatic heterocycles. The molecule has 0 bridgehead atoms. The van der Waals surface area contributed by atoms with Gasteiger partial charge in [-0.2, -0.15) is 5.10 Å². The van der Waals surface area contributed by atoms with Crippen LogP contribution in [0.1, 0.15) is 25.5 Å². The van der Waals surface area contributed by atoms with Crippen LogP contribution in [-0.4, -0.2) is 23.0 Å². The van der Waals surface area contributed by atoms with Gasteiger partial charge in [-0.3, -0.25) is 0 Å². The standard InChI is InChI=1S/C9H17N3O/c1-6-5-11-12(9(6)10)7(2)8(3)13-4/h5,7-8H,10H2,1-4H3. The summed E-state index contributed by atoms with van der Waals surface area (Å²) in [4.78, 5) is 0. The number of hydrogen-bond donors (Lipinski definition) is 1. The van der Waals surface area contributed by atoms with Crippen molar-refractivity contribution in [1.29, 1.82) is 0 Å². The van der Waals surface area contributed by atoms with Gasteiger partial charge in [0.15, 0.2) is 0 Å². The minimum absolute atomic E-state index is 0.113. The second kappa shape index (κ2) is 3.79. The Morgan fingerprint density at radius 1 is 1.54 bits per heavy atom. The van der Waals surface area contributed by atoms with E-state index >= 15 is 0 Å². The van der Waals surface area contributed by atoms with Crippen LogP contribution in [0.4, 0.5) is 5.82 Å². The molecular weight excluding hydrogens is 166 g/mol. The van der Waals surface area contributed by atoms with E-state index < -0.39 is 0 Å². The Balaban J connectivity index is 2.88. The molecule has 74 valence electrons. The summed E-state index contributed by atoms with van der Waals surface area (Å²) in [5, 5.41) is 4.20. The molecule has 0 fully saturated rings. The van der Waals surface area contributed by atoms with Crippen LogP contribution in [0.15, 0.2) is 6.20 Å². The van der Waals surface area contributed by atoms with E-state index in [9.17, 15) is 0 Å². The van der Waals surface area contributed by atoms with E-state index in [-0.39, 0.29) is 12.1 Å². The van der Waals surface area contributed by atoms with Crippen LogP contribution in [-0.2, 0) is 4.74 Å². The van der Waals surface area contributed by atoms with E-state index in [0.29, 0.717) is 0 Å². The summed E-state index contributed by atoms with van der Waals surface area (Å²) in [5.74, 6) is 0.719. The second-order valence-corrected chi connectivity index (χ2v) is 3.34. The Morgan fingerprint density at radius 2 is 2.15 bits per heavy atom. The van der Waals surface area contributed by atoms with Crippen LogP contribution in [0, 0.1) is 6.92 Å². The first-order valence-electron chi connectivity index (χ1n) is 4.40. The van der Waals surface area contributed by atoms with Crippen molar-refractivity contribution in [2.45, 2.75) is 32.9 Å². The van der Waals surface area contributed by atoms with E-state index in [4.69, 9.17) is 10.5 Å².